The lowest BCUT2D eigenvalue weighted by atomic mass is 9.69. The highest BCUT2D eigenvalue weighted by Crippen LogP contribution is 2.52. The molecule has 340 valence electrons. The second-order valence-corrected chi connectivity index (χ2v) is 20.1. The number of nitrogens with one attached hydrogen (secondary N) is 3. The zero-order valence-corrected chi connectivity index (χ0v) is 38.5. The van der Waals surface area contributed by atoms with E-state index in [4.69, 9.17) is 9.47 Å². The number of benzene rings is 5. The molecule has 0 saturated carbocycles. The number of ketones is 1. The number of aromatic amines is 1. The molecule has 0 amide bonds. The van der Waals surface area contributed by atoms with Gasteiger partial charge in [-0.25, -0.2) is 0 Å². The minimum Gasteiger partial charge on any atom is -0.508 e. The number of hydrogen-bond acceptors (Lipinski definition) is 12. The van der Waals surface area contributed by atoms with Gasteiger partial charge in [-0.3, -0.25) is 10.1 Å². The fourth-order valence-electron chi connectivity index (χ4n) is 9.41. The molecule has 0 radical (unpaired) electrons. The Morgan fingerprint density at radius 2 is 1.78 bits per heavy atom. The summed E-state index contributed by atoms with van der Waals surface area (Å²) in [7, 11) is 6.38. The van der Waals surface area contributed by atoms with Crippen LogP contribution in [-0.2, 0) is 42.4 Å². The van der Waals surface area contributed by atoms with Crippen LogP contribution in [0.3, 0.4) is 0 Å². The lowest BCUT2D eigenvalue weighted by Gasteiger charge is -2.33. The van der Waals surface area contributed by atoms with E-state index < -0.39 is 28.3 Å². The quantitative estimate of drug-likeness (QED) is 0.0389. The third kappa shape index (κ3) is 10.2. The Morgan fingerprint density at radius 3 is 2.58 bits per heavy atom. The van der Waals surface area contributed by atoms with Crippen LogP contribution in [0.1, 0.15) is 63.1 Å². The van der Waals surface area contributed by atoms with Gasteiger partial charge >= 0.3 is 0 Å². The first-order chi connectivity index (χ1) is 31.4. The van der Waals surface area contributed by atoms with Crippen molar-refractivity contribution in [2.24, 2.45) is 5.92 Å². The molecule has 0 spiro atoms. The van der Waals surface area contributed by atoms with Gasteiger partial charge in [-0.1, -0.05) is 94.4 Å². The zero-order valence-electron chi connectivity index (χ0n) is 36.8. The molecule has 65 heavy (non-hydrogen) atoms. The number of carbonyl (C=O) groups excluding carboxylic acids is 1. The monoisotopic (exact) mass is 915 g/mol. The van der Waals surface area contributed by atoms with Gasteiger partial charge in [0, 0.05) is 55.2 Å². The highest BCUT2D eigenvalue weighted by Gasteiger charge is 2.43. The van der Waals surface area contributed by atoms with E-state index in [2.05, 4.69) is 39.9 Å². The van der Waals surface area contributed by atoms with Gasteiger partial charge in [0.05, 0.1) is 29.5 Å². The summed E-state index contributed by atoms with van der Waals surface area (Å²) in [4.78, 5) is 18.8. The summed E-state index contributed by atoms with van der Waals surface area (Å²) in [5.41, 5.74) is 4.16. The molecule has 6 aromatic rings. The number of aliphatic hydroxyl groups excluding tert-OH is 1. The maximum absolute atomic E-state index is 15.6. The molecule has 2 aliphatic rings. The summed E-state index contributed by atoms with van der Waals surface area (Å²) in [5.74, 6) is 0.363. The molecule has 8 N–H and O–H groups in total. The van der Waals surface area contributed by atoms with Crippen LogP contribution in [0.25, 0.3) is 10.8 Å². The maximum atomic E-state index is 15.6. The van der Waals surface area contributed by atoms with E-state index in [-0.39, 0.29) is 42.6 Å². The molecule has 13 heteroatoms. The van der Waals surface area contributed by atoms with Gasteiger partial charge < -0.3 is 45.3 Å². The van der Waals surface area contributed by atoms with Crippen molar-refractivity contribution >= 4 is 38.1 Å². The van der Waals surface area contributed by atoms with E-state index in [9.17, 15) is 25.5 Å². The van der Waals surface area contributed by atoms with Crippen molar-refractivity contribution in [1.29, 1.82) is 0 Å². The molecule has 5 aromatic carbocycles. The third-order valence-corrected chi connectivity index (χ3v) is 15.5. The van der Waals surface area contributed by atoms with Crippen molar-refractivity contribution in [3.8, 4) is 28.7 Å². The van der Waals surface area contributed by atoms with Crippen LogP contribution >= 0.6 is 21.6 Å². The molecule has 1 aromatic heterocycles. The summed E-state index contributed by atoms with van der Waals surface area (Å²) in [5, 5.41) is 65.3. The first kappa shape index (κ1) is 46.1. The van der Waals surface area contributed by atoms with Crippen LogP contribution < -0.4 is 20.1 Å². The Morgan fingerprint density at radius 1 is 0.969 bits per heavy atom. The standard InChI is InChI=1S/C52H57N3O8S2/c1-51(61)29-55-31-63-50-44(58)14-12-37-26-52(17-15-46(48(37)50)65-64-30-51,39-20-33(27-53-2)21-40(56)24-39)47(60)25-45(59)38(19-32-16-18-54-28-32)22-36-11-13-43(57)49(62-3)42(36)23-35-9-6-8-34-7-4-5-10-41(34)35/h4-18,20-21,24,28,38,45-46,53-59,61H,19,22-23,25-27,29-31H2,1-3H3. The first-order valence-corrected chi connectivity index (χ1v) is 24.3. The summed E-state index contributed by atoms with van der Waals surface area (Å²) < 4.78 is 12.1. The number of phenols is 3. The zero-order chi connectivity index (χ0) is 45.7. The van der Waals surface area contributed by atoms with Gasteiger partial charge in [0.15, 0.2) is 23.0 Å². The van der Waals surface area contributed by atoms with Crippen LogP contribution in [0.2, 0.25) is 0 Å². The summed E-state index contributed by atoms with van der Waals surface area (Å²) in [6.07, 6.45) is 7.70. The van der Waals surface area contributed by atoms with E-state index in [1.54, 1.807) is 38.3 Å². The maximum Gasteiger partial charge on any atom is 0.167 e. The molecule has 0 fully saturated rings. The summed E-state index contributed by atoms with van der Waals surface area (Å²) in [6, 6.07) is 28.5. The lowest BCUT2D eigenvalue weighted by Crippen LogP contribution is -2.41. The smallest absolute Gasteiger partial charge is 0.167 e. The molecular weight excluding hydrogens is 859 g/mol. The number of methoxy groups -OCH3 is 1. The number of phenolic OH excluding ortho intramolecular Hbond substituents is 3. The van der Waals surface area contributed by atoms with Crippen molar-refractivity contribution in [3.63, 3.8) is 0 Å². The number of carbonyl (C=O) groups is 1. The molecule has 0 bridgehead atoms. The van der Waals surface area contributed by atoms with Gasteiger partial charge in [0.2, 0.25) is 0 Å². The topological polar surface area (TPSA) is 177 Å². The predicted octanol–water partition coefficient (Wildman–Crippen LogP) is 8.19. The minimum atomic E-state index is -1.37. The van der Waals surface area contributed by atoms with E-state index in [1.165, 1.54) is 21.6 Å². The first-order valence-electron chi connectivity index (χ1n) is 21.9. The number of hydrogen-bond donors (Lipinski definition) is 8. The number of β-amino-alcohol motifs (C(OH)–C–C–N with tert-alkyl or cyclic N) is 1. The molecule has 1 aliphatic heterocycles. The van der Waals surface area contributed by atoms with Gasteiger partial charge in [0.25, 0.3) is 0 Å². The van der Waals surface area contributed by atoms with Crippen molar-refractivity contribution in [2.75, 3.05) is 33.2 Å². The number of fused-ring (bicyclic) bond motifs is 1. The van der Waals surface area contributed by atoms with Crippen LogP contribution in [0, 0.1) is 5.92 Å². The number of Topliss-reactive ketones (excluding diaryl/α,β-unsaturated/α-hetero) is 1. The number of ether oxygens (including phenoxy) is 2. The Hall–Kier alpha value is -5.41. The number of H-pyrrole nitrogens is 1. The van der Waals surface area contributed by atoms with E-state index in [1.807, 2.05) is 74.1 Å². The van der Waals surface area contributed by atoms with Crippen molar-refractivity contribution < 1.29 is 39.8 Å². The normalized spacial score (nSPS) is 20.8. The number of allylic oxidation sites excluding steroid dienone is 1. The number of aliphatic hydroxyl groups is 2. The van der Waals surface area contributed by atoms with Gasteiger partial charge in [-0.05, 0) is 114 Å². The predicted molar refractivity (Wildman–Crippen MR) is 259 cm³/mol. The molecule has 8 rings (SSSR count). The fourth-order valence-corrected chi connectivity index (χ4v) is 12.4. The van der Waals surface area contributed by atoms with E-state index in [0.29, 0.717) is 55.2 Å². The van der Waals surface area contributed by atoms with Crippen LogP contribution in [0.15, 0.2) is 116 Å². The Bertz CT molecular complexity index is 2660. The number of aromatic nitrogens is 1. The van der Waals surface area contributed by atoms with Crippen molar-refractivity contribution in [2.45, 2.75) is 67.9 Å². The van der Waals surface area contributed by atoms with Crippen molar-refractivity contribution in [3.05, 3.63) is 160 Å². The van der Waals surface area contributed by atoms with Gasteiger partial charge in [0.1, 0.15) is 18.3 Å². The molecule has 5 unspecified atom stereocenters. The van der Waals surface area contributed by atoms with E-state index >= 15 is 4.79 Å². The lowest BCUT2D eigenvalue weighted by molar-refractivity contribution is -0.125. The molecule has 11 nitrogen and oxygen atoms in total. The second-order valence-electron chi connectivity index (χ2n) is 17.6. The number of aromatic hydroxyl groups is 3. The van der Waals surface area contributed by atoms with Crippen LogP contribution in [0.5, 0.6) is 28.7 Å². The van der Waals surface area contributed by atoms with Gasteiger partial charge in [-0.2, -0.15) is 0 Å². The van der Waals surface area contributed by atoms with E-state index in [0.717, 1.165) is 49.7 Å². The summed E-state index contributed by atoms with van der Waals surface area (Å²) >= 11 is 0. The second kappa shape index (κ2) is 20.0. The third-order valence-electron chi connectivity index (χ3n) is 12.7. The van der Waals surface area contributed by atoms with Crippen molar-refractivity contribution in [1.82, 2.24) is 15.6 Å². The molecule has 5 atom stereocenters. The average Bonchev–Trinajstić information content (AvgIpc) is 3.73. The molecule has 0 saturated heterocycles. The average molecular weight is 916 g/mol. The Kier molecular flexibility index (Phi) is 14.2. The minimum absolute atomic E-state index is 0.00957. The largest absolute Gasteiger partial charge is 0.508 e. The Labute approximate surface area is 387 Å². The van der Waals surface area contributed by atoms with Crippen LogP contribution in [-0.4, -0.2) is 81.2 Å². The highest BCUT2D eigenvalue weighted by molar-refractivity contribution is 8.76. The number of rotatable bonds is 14. The molecular formula is C52H57N3O8S2. The summed E-state index contributed by atoms with van der Waals surface area (Å²) in [6.45, 7) is 2.54. The van der Waals surface area contributed by atoms with Gasteiger partial charge in [-0.15, -0.1) is 0 Å². The SMILES string of the molecule is CNCc1cc(O)cc(C2(C(=O)CC(O)C(Cc3cc[nH]c3)Cc3ccc(O)c(OC)c3Cc3cccc4ccccc34)C=CC3SSCC(C)(O)CNCOc4c(O)ccc(c43)C2)c1. The molecule has 2 heterocycles. The van der Waals surface area contributed by atoms with Crippen LogP contribution in [0.4, 0.5) is 0 Å². The highest BCUT2D eigenvalue weighted by atomic mass is 33.1. The fraction of sp³-hybridized carbons (Fsp3) is 0.327. The molecule has 1 aliphatic carbocycles. The Balaban J connectivity index is 1.20.